The lowest BCUT2D eigenvalue weighted by Gasteiger charge is -2.37. The van der Waals surface area contributed by atoms with Gasteiger partial charge in [-0.2, -0.15) is 4.31 Å². The first-order valence-electron chi connectivity index (χ1n) is 8.01. The molecule has 0 bridgehead atoms. The smallest absolute Gasteiger partial charge is 0.244 e. The molecule has 1 saturated heterocycles. The Balaban J connectivity index is 0.00000208. The van der Waals surface area contributed by atoms with E-state index in [1.165, 1.54) is 0 Å². The lowest BCUT2D eigenvalue weighted by molar-refractivity contribution is 0.211. The van der Waals surface area contributed by atoms with E-state index in [9.17, 15) is 8.42 Å². The van der Waals surface area contributed by atoms with E-state index >= 15 is 0 Å². The maximum absolute atomic E-state index is 13.2. The van der Waals surface area contributed by atoms with E-state index in [1.807, 2.05) is 19.1 Å². The summed E-state index contributed by atoms with van der Waals surface area (Å²) >= 11 is 0. The SMILES string of the molecule is Cc1ccc(S(=O)(=O)N2CCC(C)CC2CN)c2cccnc12.Cl. The number of rotatable bonds is 3. The Morgan fingerprint density at radius 3 is 2.79 bits per heavy atom. The van der Waals surface area contributed by atoms with Gasteiger partial charge in [0.1, 0.15) is 0 Å². The quantitative estimate of drug-likeness (QED) is 0.902. The monoisotopic (exact) mass is 369 g/mol. The van der Waals surface area contributed by atoms with Gasteiger partial charge in [-0.05, 0) is 49.4 Å². The van der Waals surface area contributed by atoms with Crippen LogP contribution in [-0.4, -0.2) is 36.8 Å². The lowest BCUT2D eigenvalue weighted by atomic mass is 9.94. The molecule has 2 atom stereocenters. The Bertz CT molecular complexity index is 826. The first kappa shape index (κ1) is 19.1. The van der Waals surface area contributed by atoms with Crippen LogP contribution in [0.15, 0.2) is 35.4 Å². The summed E-state index contributed by atoms with van der Waals surface area (Å²) in [6.45, 7) is 4.97. The minimum atomic E-state index is -3.58. The van der Waals surface area contributed by atoms with Crippen LogP contribution < -0.4 is 5.73 Å². The minimum absolute atomic E-state index is 0. The molecule has 2 N–H and O–H groups in total. The van der Waals surface area contributed by atoms with Crippen molar-refractivity contribution in [2.75, 3.05) is 13.1 Å². The maximum atomic E-state index is 13.2. The molecule has 1 fully saturated rings. The fourth-order valence-corrected chi connectivity index (χ4v) is 5.25. The third kappa shape index (κ3) is 3.28. The number of nitrogens with zero attached hydrogens (tertiary/aromatic N) is 2. The summed E-state index contributed by atoms with van der Waals surface area (Å²) < 4.78 is 28.0. The number of aromatic nitrogens is 1. The Morgan fingerprint density at radius 1 is 1.33 bits per heavy atom. The summed E-state index contributed by atoms with van der Waals surface area (Å²) in [6, 6.07) is 7.00. The van der Waals surface area contributed by atoms with Crippen molar-refractivity contribution >= 4 is 33.3 Å². The molecule has 1 aliphatic rings. The van der Waals surface area contributed by atoms with E-state index in [4.69, 9.17) is 5.73 Å². The van der Waals surface area contributed by atoms with Crippen molar-refractivity contribution in [1.82, 2.24) is 9.29 Å². The summed E-state index contributed by atoms with van der Waals surface area (Å²) in [5.74, 6) is 0.506. The summed E-state index contributed by atoms with van der Waals surface area (Å²) in [5, 5.41) is 0.682. The predicted molar refractivity (Wildman–Crippen MR) is 98.9 cm³/mol. The molecular formula is C17H24ClN3O2S. The Labute approximate surface area is 149 Å². The molecule has 0 saturated carbocycles. The molecule has 132 valence electrons. The summed E-state index contributed by atoms with van der Waals surface area (Å²) in [6.07, 6.45) is 3.38. The zero-order valence-corrected chi connectivity index (χ0v) is 15.6. The molecule has 1 aromatic carbocycles. The number of nitrogens with two attached hydrogens (primary N) is 1. The molecule has 24 heavy (non-hydrogen) atoms. The van der Waals surface area contributed by atoms with Gasteiger partial charge >= 0.3 is 0 Å². The second kappa shape index (κ2) is 7.35. The molecule has 0 amide bonds. The van der Waals surface area contributed by atoms with Crippen LogP contribution >= 0.6 is 12.4 Å². The molecule has 7 heteroatoms. The highest BCUT2D eigenvalue weighted by Gasteiger charge is 2.35. The van der Waals surface area contributed by atoms with Crippen molar-refractivity contribution in [3.8, 4) is 0 Å². The largest absolute Gasteiger partial charge is 0.329 e. The van der Waals surface area contributed by atoms with Gasteiger partial charge in [-0.1, -0.05) is 13.0 Å². The van der Waals surface area contributed by atoms with Gasteiger partial charge in [0.05, 0.1) is 10.4 Å². The fourth-order valence-electron chi connectivity index (χ4n) is 3.40. The predicted octanol–water partition coefficient (Wildman–Crippen LogP) is 2.71. The molecule has 3 rings (SSSR count). The van der Waals surface area contributed by atoms with Crippen LogP contribution in [0.4, 0.5) is 0 Å². The van der Waals surface area contributed by atoms with Crippen LogP contribution in [0.5, 0.6) is 0 Å². The molecule has 1 aliphatic heterocycles. The molecule has 0 aliphatic carbocycles. The second-order valence-electron chi connectivity index (χ2n) is 6.41. The van der Waals surface area contributed by atoms with Gasteiger partial charge in [-0.15, -0.1) is 12.4 Å². The van der Waals surface area contributed by atoms with E-state index < -0.39 is 10.0 Å². The molecule has 0 spiro atoms. The average Bonchev–Trinajstić information content (AvgIpc) is 2.54. The van der Waals surface area contributed by atoms with Crippen LogP contribution in [0.3, 0.4) is 0 Å². The van der Waals surface area contributed by atoms with Gasteiger partial charge in [-0.25, -0.2) is 8.42 Å². The zero-order valence-electron chi connectivity index (χ0n) is 14.0. The number of piperidine rings is 1. The Hall–Kier alpha value is -1.21. The van der Waals surface area contributed by atoms with Gasteiger partial charge in [0, 0.05) is 30.7 Å². The Morgan fingerprint density at radius 2 is 2.08 bits per heavy atom. The average molecular weight is 370 g/mol. The van der Waals surface area contributed by atoms with Crippen LogP contribution in [0.2, 0.25) is 0 Å². The standard InChI is InChI=1S/C17H23N3O2S.ClH/c1-12-7-9-20(14(10-12)11-18)23(21,22)16-6-5-13(2)17-15(16)4-3-8-19-17;/h3-6,8,12,14H,7,9-11,18H2,1-2H3;1H. The molecular weight excluding hydrogens is 346 g/mol. The van der Waals surface area contributed by atoms with Gasteiger partial charge in [0.2, 0.25) is 10.0 Å². The van der Waals surface area contributed by atoms with E-state index in [0.717, 1.165) is 23.9 Å². The van der Waals surface area contributed by atoms with Crippen molar-refractivity contribution in [2.24, 2.45) is 11.7 Å². The number of hydrogen-bond acceptors (Lipinski definition) is 4. The molecule has 5 nitrogen and oxygen atoms in total. The van der Waals surface area contributed by atoms with Crippen molar-refractivity contribution in [3.63, 3.8) is 0 Å². The van der Waals surface area contributed by atoms with Crippen LogP contribution in [0.1, 0.15) is 25.3 Å². The van der Waals surface area contributed by atoms with Gasteiger partial charge in [0.15, 0.2) is 0 Å². The highest BCUT2D eigenvalue weighted by Crippen LogP contribution is 2.31. The van der Waals surface area contributed by atoms with Crippen molar-refractivity contribution in [3.05, 3.63) is 36.0 Å². The minimum Gasteiger partial charge on any atom is -0.329 e. The Kier molecular flexibility index (Phi) is 5.86. The van der Waals surface area contributed by atoms with Crippen molar-refractivity contribution in [2.45, 2.75) is 37.6 Å². The van der Waals surface area contributed by atoms with E-state index in [-0.39, 0.29) is 18.4 Å². The lowest BCUT2D eigenvalue weighted by Crippen LogP contribution is -2.49. The topological polar surface area (TPSA) is 76.3 Å². The number of halogens is 1. The molecule has 2 aromatic rings. The number of aryl methyl sites for hydroxylation is 1. The third-order valence-corrected chi connectivity index (χ3v) is 6.72. The molecule has 0 radical (unpaired) electrons. The third-order valence-electron chi connectivity index (χ3n) is 4.71. The molecule has 2 unspecified atom stereocenters. The van der Waals surface area contributed by atoms with Crippen molar-refractivity contribution in [1.29, 1.82) is 0 Å². The highest BCUT2D eigenvalue weighted by molar-refractivity contribution is 7.89. The first-order valence-corrected chi connectivity index (χ1v) is 9.45. The highest BCUT2D eigenvalue weighted by atomic mass is 35.5. The van der Waals surface area contributed by atoms with Crippen LogP contribution in [-0.2, 0) is 10.0 Å². The molecule has 1 aromatic heterocycles. The second-order valence-corrected chi connectivity index (χ2v) is 8.27. The summed E-state index contributed by atoms with van der Waals surface area (Å²) in [5.41, 5.74) is 7.56. The fraction of sp³-hybridized carbons (Fsp3) is 0.471. The number of sulfonamides is 1. The first-order chi connectivity index (χ1) is 10.9. The van der Waals surface area contributed by atoms with E-state index in [2.05, 4.69) is 11.9 Å². The number of benzene rings is 1. The van der Waals surface area contributed by atoms with Crippen LogP contribution in [0.25, 0.3) is 10.9 Å². The normalized spacial score (nSPS) is 22.3. The number of pyridine rings is 1. The van der Waals surface area contributed by atoms with Gasteiger partial charge in [-0.3, -0.25) is 4.98 Å². The van der Waals surface area contributed by atoms with Gasteiger partial charge in [0.25, 0.3) is 0 Å². The van der Waals surface area contributed by atoms with Crippen molar-refractivity contribution < 1.29 is 8.42 Å². The summed E-state index contributed by atoms with van der Waals surface area (Å²) in [7, 11) is -3.58. The zero-order chi connectivity index (χ0) is 16.6. The van der Waals surface area contributed by atoms with E-state index in [1.54, 1.807) is 22.6 Å². The summed E-state index contributed by atoms with van der Waals surface area (Å²) in [4.78, 5) is 4.68. The number of fused-ring (bicyclic) bond motifs is 1. The van der Waals surface area contributed by atoms with Crippen LogP contribution in [0, 0.1) is 12.8 Å². The van der Waals surface area contributed by atoms with Gasteiger partial charge < -0.3 is 5.73 Å². The maximum Gasteiger partial charge on any atom is 0.244 e. The van der Waals surface area contributed by atoms with E-state index in [0.29, 0.717) is 29.3 Å². The number of hydrogen-bond donors (Lipinski definition) is 1. The molecule has 2 heterocycles.